The smallest absolute Gasteiger partial charge is 0.339 e. The van der Waals surface area contributed by atoms with Gasteiger partial charge in [-0.1, -0.05) is 78.9 Å². The third-order valence-electron chi connectivity index (χ3n) is 5.79. The van der Waals surface area contributed by atoms with Crippen molar-refractivity contribution in [3.05, 3.63) is 120 Å². The summed E-state index contributed by atoms with van der Waals surface area (Å²) < 4.78 is 31.2. The van der Waals surface area contributed by atoms with Crippen molar-refractivity contribution in [1.82, 2.24) is 0 Å². The number of anilines is 1. The van der Waals surface area contributed by atoms with Gasteiger partial charge in [-0.3, -0.25) is 4.79 Å². The molecule has 0 fully saturated rings. The Kier molecular flexibility index (Phi) is 6.42. The third-order valence-corrected chi connectivity index (χ3v) is 7.03. The topological polar surface area (TPSA) is 96.3 Å². The van der Waals surface area contributed by atoms with Crippen LogP contribution < -0.4 is 9.50 Å². The molecule has 5 rings (SSSR count). The number of nitrogens with one attached hydrogen (secondary N) is 1. The molecule has 5 aromatic carbocycles. The lowest BCUT2D eigenvalue weighted by Crippen LogP contribution is -2.13. The minimum atomic E-state index is -4.10. The molecular weight excluding hydrogens is 484 g/mol. The van der Waals surface area contributed by atoms with E-state index in [2.05, 4.69) is 5.32 Å². The summed E-state index contributed by atoms with van der Waals surface area (Å²) in [5.41, 5.74) is 0.890. The molecule has 0 spiro atoms. The van der Waals surface area contributed by atoms with E-state index in [1.807, 2.05) is 66.7 Å². The van der Waals surface area contributed by atoms with Crippen molar-refractivity contribution in [2.45, 2.75) is 4.90 Å². The van der Waals surface area contributed by atoms with Gasteiger partial charge in [-0.05, 0) is 58.1 Å². The third kappa shape index (κ3) is 5.20. The summed E-state index contributed by atoms with van der Waals surface area (Å²) in [6, 6.07) is 33.4. The van der Waals surface area contributed by atoms with E-state index in [1.165, 1.54) is 24.3 Å². The monoisotopic (exact) mass is 504 g/mol. The number of fused-ring (bicyclic) bond motifs is 2. The summed E-state index contributed by atoms with van der Waals surface area (Å²) in [6.45, 7) is 0. The summed E-state index contributed by atoms with van der Waals surface area (Å²) in [5, 5.41) is 15.9. The average molecular weight is 505 g/mol. The Morgan fingerprint density at radius 3 is 2.30 bits per heavy atom. The molecule has 5 aromatic rings. The van der Waals surface area contributed by atoms with Crippen molar-refractivity contribution in [2.24, 2.45) is 0 Å². The summed E-state index contributed by atoms with van der Waals surface area (Å²) in [7, 11) is -4.10. The second-order valence-corrected chi connectivity index (χ2v) is 9.82. The van der Waals surface area contributed by atoms with E-state index < -0.39 is 16.0 Å². The quantitative estimate of drug-likeness (QED) is 0.166. The van der Waals surface area contributed by atoms with Gasteiger partial charge in [-0.15, -0.1) is 0 Å². The molecule has 0 aliphatic heterocycles. The van der Waals surface area contributed by atoms with E-state index >= 15 is 0 Å². The summed E-state index contributed by atoms with van der Waals surface area (Å²) >= 11 is 0. The summed E-state index contributed by atoms with van der Waals surface area (Å²) in [6.07, 6.45) is 1.38. The van der Waals surface area contributed by atoms with Crippen molar-refractivity contribution in [3.63, 3.8) is 0 Å². The zero-order valence-corrected chi connectivity index (χ0v) is 20.3. The van der Waals surface area contributed by atoms with E-state index in [1.54, 1.807) is 30.3 Å². The largest absolute Gasteiger partial charge is 0.379 e. The lowest BCUT2D eigenvalue weighted by molar-refractivity contribution is -0.112. The molecule has 180 valence electrons. The first-order chi connectivity index (χ1) is 17.9. The van der Waals surface area contributed by atoms with E-state index in [0.717, 1.165) is 21.5 Å². The Labute approximate surface area is 214 Å². The lowest BCUT2D eigenvalue weighted by Gasteiger charge is -2.09. The molecule has 0 saturated heterocycles. The fourth-order valence-electron chi connectivity index (χ4n) is 3.99. The predicted octanol–water partition coefficient (Wildman–Crippen LogP) is 6.31. The number of carbonyl (C=O) groups is 1. The van der Waals surface area contributed by atoms with Gasteiger partial charge in [0.2, 0.25) is 0 Å². The van der Waals surface area contributed by atoms with Gasteiger partial charge in [-0.2, -0.15) is 13.7 Å². The minimum Gasteiger partial charge on any atom is -0.379 e. The second-order valence-electron chi connectivity index (χ2n) is 8.27. The Bertz CT molecular complexity index is 1830. The highest BCUT2D eigenvalue weighted by Gasteiger charge is 2.18. The maximum atomic E-state index is 12.9. The second kappa shape index (κ2) is 9.97. The van der Waals surface area contributed by atoms with Crippen LogP contribution in [0, 0.1) is 11.3 Å². The van der Waals surface area contributed by atoms with Crippen molar-refractivity contribution in [1.29, 1.82) is 5.26 Å². The summed E-state index contributed by atoms with van der Waals surface area (Å²) in [4.78, 5) is 12.9. The highest BCUT2D eigenvalue weighted by molar-refractivity contribution is 7.87. The number of benzene rings is 5. The molecule has 0 aliphatic carbocycles. The molecule has 0 bridgehead atoms. The van der Waals surface area contributed by atoms with Crippen LogP contribution in [0.5, 0.6) is 5.75 Å². The standard InChI is InChI=1S/C30H20N2O4S/c31-20-25(30(33)32-29-14-6-11-23-9-3-4-13-28(23)29)17-21-7-5-12-26(18-21)36-37(34,35)27-16-15-22-8-1-2-10-24(22)19-27/h1-19H,(H,32,33)/b25-17+. The van der Waals surface area contributed by atoms with Crippen LogP contribution in [0.25, 0.3) is 27.6 Å². The zero-order chi connectivity index (χ0) is 25.8. The molecule has 0 aliphatic rings. The number of hydrogen-bond acceptors (Lipinski definition) is 5. The van der Waals surface area contributed by atoms with Crippen LogP contribution >= 0.6 is 0 Å². The van der Waals surface area contributed by atoms with E-state index in [4.69, 9.17) is 4.18 Å². The molecular formula is C30H20N2O4S. The van der Waals surface area contributed by atoms with Crippen LogP contribution in [0.4, 0.5) is 5.69 Å². The predicted molar refractivity (Wildman–Crippen MR) is 144 cm³/mol. The molecule has 1 amide bonds. The summed E-state index contributed by atoms with van der Waals surface area (Å²) in [5.74, 6) is -0.511. The Hall–Kier alpha value is -4.93. The van der Waals surface area contributed by atoms with Crippen LogP contribution in [-0.4, -0.2) is 14.3 Å². The average Bonchev–Trinajstić information content (AvgIpc) is 2.91. The van der Waals surface area contributed by atoms with Gasteiger partial charge >= 0.3 is 10.1 Å². The fraction of sp³-hybridized carbons (Fsp3) is 0. The van der Waals surface area contributed by atoms with Crippen molar-refractivity contribution >= 4 is 49.3 Å². The number of hydrogen-bond donors (Lipinski definition) is 1. The minimum absolute atomic E-state index is 0.0272. The van der Waals surface area contributed by atoms with E-state index in [9.17, 15) is 18.5 Å². The van der Waals surface area contributed by atoms with E-state index in [-0.39, 0.29) is 16.2 Å². The Balaban J connectivity index is 1.38. The first kappa shape index (κ1) is 23.8. The van der Waals surface area contributed by atoms with Gasteiger partial charge < -0.3 is 9.50 Å². The van der Waals surface area contributed by atoms with Crippen LogP contribution in [-0.2, 0) is 14.9 Å². The lowest BCUT2D eigenvalue weighted by atomic mass is 10.1. The Morgan fingerprint density at radius 2 is 1.49 bits per heavy atom. The van der Waals surface area contributed by atoms with Gasteiger partial charge in [0.25, 0.3) is 5.91 Å². The van der Waals surface area contributed by atoms with Crippen molar-refractivity contribution in [2.75, 3.05) is 5.32 Å². The normalized spacial score (nSPS) is 11.7. The van der Waals surface area contributed by atoms with Gasteiger partial charge in [-0.25, -0.2) is 0 Å². The molecule has 0 radical (unpaired) electrons. The molecule has 0 saturated carbocycles. The maximum absolute atomic E-state index is 12.9. The van der Waals surface area contributed by atoms with Crippen LogP contribution in [0.1, 0.15) is 5.56 Å². The van der Waals surface area contributed by atoms with Gasteiger partial charge in [0, 0.05) is 11.1 Å². The fourth-order valence-corrected chi connectivity index (χ4v) is 4.95. The number of nitriles is 1. The van der Waals surface area contributed by atoms with Crippen LogP contribution in [0.15, 0.2) is 120 Å². The highest BCUT2D eigenvalue weighted by atomic mass is 32.2. The number of amides is 1. The van der Waals surface area contributed by atoms with Gasteiger partial charge in [0.15, 0.2) is 0 Å². The Morgan fingerprint density at radius 1 is 0.784 bits per heavy atom. The first-order valence-electron chi connectivity index (χ1n) is 11.4. The van der Waals surface area contributed by atoms with Crippen LogP contribution in [0.3, 0.4) is 0 Å². The maximum Gasteiger partial charge on any atom is 0.339 e. The van der Waals surface area contributed by atoms with Crippen LogP contribution in [0.2, 0.25) is 0 Å². The van der Waals surface area contributed by atoms with E-state index in [0.29, 0.717) is 11.3 Å². The van der Waals surface area contributed by atoms with Crippen molar-refractivity contribution < 1.29 is 17.4 Å². The molecule has 0 aromatic heterocycles. The number of rotatable bonds is 6. The molecule has 7 heteroatoms. The molecule has 37 heavy (non-hydrogen) atoms. The molecule has 0 atom stereocenters. The molecule has 0 unspecified atom stereocenters. The number of nitrogens with zero attached hydrogens (tertiary/aromatic N) is 1. The van der Waals surface area contributed by atoms with Crippen molar-refractivity contribution in [3.8, 4) is 11.8 Å². The SMILES string of the molecule is N#C/C(=C\c1cccc(OS(=O)(=O)c2ccc3ccccc3c2)c1)C(=O)Nc1cccc2ccccc12. The van der Waals surface area contributed by atoms with Gasteiger partial charge in [0.05, 0.1) is 0 Å². The molecule has 0 heterocycles. The zero-order valence-electron chi connectivity index (χ0n) is 19.5. The first-order valence-corrected chi connectivity index (χ1v) is 12.8. The molecule has 6 nitrogen and oxygen atoms in total. The number of carbonyl (C=O) groups excluding carboxylic acids is 1. The highest BCUT2D eigenvalue weighted by Crippen LogP contribution is 2.26. The van der Waals surface area contributed by atoms with Gasteiger partial charge in [0.1, 0.15) is 22.3 Å². The molecule has 1 N–H and O–H groups in total.